The van der Waals surface area contributed by atoms with Crippen LogP contribution in [0.15, 0.2) is 0 Å². The van der Waals surface area contributed by atoms with Crippen LogP contribution in [0.25, 0.3) is 0 Å². The van der Waals surface area contributed by atoms with E-state index in [1.165, 1.54) is 0 Å². The second-order valence-corrected chi connectivity index (χ2v) is 6.20. The molecule has 0 radical (unpaired) electrons. The van der Waals surface area contributed by atoms with Gasteiger partial charge in [0.1, 0.15) is 10.1 Å². The molecule has 1 atom stereocenters. The molecule has 0 bridgehead atoms. The second kappa shape index (κ2) is 7.73. The Balaban J connectivity index is 0. The minimum atomic E-state index is -8.70. The van der Waals surface area contributed by atoms with Crippen LogP contribution in [-0.4, -0.2) is 60.2 Å². The molecule has 0 aromatic rings. The van der Waals surface area contributed by atoms with Crippen molar-refractivity contribution in [3.8, 4) is 0 Å². The molecule has 0 saturated heterocycles. The maximum Gasteiger partial charge on any atom is 1.00 e. The first-order valence-corrected chi connectivity index (χ1v) is 7.05. The van der Waals surface area contributed by atoms with Crippen LogP contribution in [0.2, 0.25) is 0 Å². The molecule has 0 aromatic heterocycles. The van der Waals surface area contributed by atoms with Crippen LogP contribution in [0.5, 0.6) is 0 Å². The van der Waals surface area contributed by atoms with Crippen molar-refractivity contribution in [1.82, 2.24) is 0 Å². The maximum absolute atomic E-state index is 13.0. The summed E-state index contributed by atoms with van der Waals surface area (Å²) in [4.78, 5) is 0. The fourth-order valence-corrected chi connectivity index (χ4v) is 1.81. The first-order valence-electron chi connectivity index (χ1n) is 5.58. The Labute approximate surface area is 170 Å². The molecule has 0 spiro atoms. The Kier molecular flexibility index (Phi) is 8.26. The number of hydrogen-bond acceptors (Lipinski definition) is 3. The Bertz CT molecular complexity index is 697. The van der Waals surface area contributed by atoms with Crippen molar-refractivity contribution in [2.45, 2.75) is 47.2 Å². The summed E-state index contributed by atoms with van der Waals surface area (Å²) in [6.07, 6.45) is -7.81. The van der Waals surface area contributed by atoms with E-state index in [1.54, 1.807) is 0 Å². The first kappa shape index (κ1) is 31.0. The molecule has 3 nitrogen and oxygen atoms in total. The van der Waals surface area contributed by atoms with Crippen LogP contribution in [0.3, 0.4) is 0 Å². The summed E-state index contributed by atoms with van der Waals surface area (Å²) in [5.41, 5.74) is -6.02. The molecule has 0 aliphatic heterocycles. The molecule has 21 heteroatoms. The molecule has 0 aromatic carbocycles. The molecule has 0 fully saturated rings. The van der Waals surface area contributed by atoms with E-state index in [4.69, 9.17) is 0 Å². The third-order valence-corrected chi connectivity index (χ3v) is 3.69. The van der Waals surface area contributed by atoms with Crippen molar-refractivity contribution in [2.75, 3.05) is 0 Å². The van der Waals surface area contributed by atoms with Gasteiger partial charge in [0, 0.05) is 0 Å². The average molecular weight is 504 g/mol. The predicted molar refractivity (Wildman–Crippen MR) is 50.3 cm³/mol. The van der Waals surface area contributed by atoms with E-state index in [0.29, 0.717) is 0 Å². The summed E-state index contributed by atoms with van der Waals surface area (Å²) in [7, 11) is -7.38. The molecule has 0 amide bonds. The van der Waals surface area contributed by atoms with Gasteiger partial charge in [0.05, 0.1) is 0 Å². The monoisotopic (exact) mass is 504 g/mol. The van der Waals surface area contributed by atoms with Crippen LogP contribution in [0, 0.1) is 0 Å². The second-order valence-electron chi connectivity index (χ2n) is 4.80. The van der Waals surface area contributed by atoms with Gasteiger partial charge in [-0.25, -0.2) is 12.8 Å². The molecular weight excluding hydrogens is 503 g/mol. The summed E-state index contributed by atoms with van der Waals surface area (Å²) >= 11 is 0. The molecule has 1 unspecified atom stereocenters. The fourth-order valence-electron chi connectivity index (χ4n) is 1.30. The van der Waals surface area contributed by atoms with Crippen LogP contribution >= 0.6 is 0 Å². The van der Waals surface area contributed by atoms with Gasteiger partial charge in [0.25, 0.3) is 5.50 Å². The van der Waals surface area contributed by atoms with Crippen molar-refractivity contribution in [3.05, 3.63) is 0 Å². The molecule has 29 heavy (non-hydrogen) atoms. The van der Waals surface area contributed by atoms with E-state index in [1.807, 2.05) is 0 Å². The van der Waals surface area contributed by atoms with E-state index >= 15 is 0 Å². The number of rotatable bonds is 7. The predicted octanol–water partition coefficient (Wildman–Crippen LogP) is 1.21. The molecule has 0 aliphatic carbocycles. The normalized spacial score (nSPS) is 17.0. The summed E-state index contributed by atoms with van der Waals surface area (Å²) in [5, 5.41) is 0. The van der Waals surface area contributed by atoms with Crippen molar-refractivity contribution < 1.29 is 113 Å². The van der Waals surface area contributed by atoms with Crippen LogP contribution in [0.1, 0.15) is 0 Å². The van der Waals surface area contributed by atoms with E-state index < -0.39 is 57.3 Å². The van der Waals surface area contributed by atoms with Gasteiger partial charge in [-0.1, -0.05) is 0 Å². The zero-order chi connectivity index (χ0) is 23.6. The quantitative estimate of drug-likeness (QED) is 0.298. The van der Waals surface area contributed by atoms with Gasteiger partial charge in [0.15, 0.2) is 0 Å². The summed E-state index contributed by atoms with van der Waals surface area (Å²) < 4.78 is 232. The molecule has 0 aliphatic rings. The van der Waals surface area contributed by atoms with E-state index in [2.05, 4.69) is 0 Å². The Hall–Kier alpha value is -0.210. The smallest absolute Gasteiger partial charge is 0.746 e. The average Bonchev–Trinajstić information content (AvgIpc) is 2.42. The van der Waals surface area contributed by atoms with Crippen molar-refractivity contribution >= 4 is 10.1 Å². The van der Waals surface area contributed by atoms with Gasteiger partial charge in [-0.05, 0) is 0 Å². The van der Waals surface area contributed by atoms with Gasteiger partial charge in [-0.3, -0.25) is 0 Å². The molecule has 0 heterocycles. The number of hydrogen-bond donors (Lipinski definition) is 0. The first-order chi connectivity index (χ1) is 11.7. The minimum absolute atomic E-state index is 0. The van der Waals surface area contributed by atoms with E-state index in [0.717, 1.165) is 0 Å². The third kappa shape index (κ3) is 4.27. The zero-order valence-corrected chi connectivity index (χ0v) is 15.6. The SMILES string of the molecule is O=S(=O)([O-])C(F)C(F)(F)C(F)(F)C(F)(F)C(F)(F)C(F)(F)C(F)(F)C(F)(F)F.[Na+]. The van der Waals surface area contributed by atoms with Crippen LogP contribution < -0.4 is 29.6 Å². The number of halogens is 16. The van der Waals surface area contributed by atoms with Crippen LogP contribution in [0.4, 0.5) is 70.2 Å². The van der Waals surface area contributed by atoms with Gasteiger partial charge < -0.3 is 4.55 Å². The summed E-state index contributed by atoms with van der Waals surface area (Å²) in [6, 6.07) is 0. The van der Waals surface area contributed by atoms with Gasteiger partial charge >= 0.3 is 71.3 Å². The minimum Gasteiger partial charge on any atom is -0.746 e. The Morgan fingerprint density at radius 1 is 0.552 bits per heavy atom. The summed E-state index contributed by atoms with van der Waals surface area (Å²) in [6.45, 7) is 0. The summed E-state index contributed by atoms with van der Waals surface area (Å²) in [5.74, 6) is -50.3. The maximum atomic E-state index is 13.0. The third-order valence-electron chi connectivity index (χ3n) is 2.89. The zero-order valence-electron chi connectivity index (χ0n) is 12.8. The Morgan fingerprint density at radius 3 is 1.03 bits per heavy atom. The van der Waals surface area contributed by atoms with Crippen LogP contribution in [-0.2, 0) is 10.1 Å². The molecular formula is C8HF16NaO3S. The topological polar surface area (TPSA) is 57.2 Å². The molecule has 170 valence electrons. The molecule has 0 rings (SSSR count). The van der Waals surface area contributed by atoms with E-state index in [-0.39, 0.29) is 29.6 Å². The fraction of sp³-hybridized carbons (Fsp3) is 1.00. The van der Waals surface area contributed by atoms with E-state index in [9.17, 15) is 83.2 Å². The molecule has 0 N–H and O–H groups in total. The van der Waals surface area contributed by atoms with Gasteiger partial charge in [-0.15, -0.1) is 0 Å². The van der Waals surface area contributed by atoms with Gasteiger partial charge in [0.2, 0.25) is 0 Å². The van der Waals surface area contributed by atoms with Crippen molar-refractivity contribution in [3.63, 3.8) is 0 Å². The standard InChI is InChI=1S/C8H2F16O3S.Na/c9-1(28(25,26)27)2(10,11)3(12,13)4(14,15)5(16,17)6(18,19)7(20,21)8(22,23)24;/h1H,(H,25,26,27);/q;+1/p-1. The number of alkyl halides is 16. The van der Waals surface area contributed by atoms with Crippen molar-refractivity contribution in [1.29, 1.82) is 0 Å². The Morgan fingerprint density at radius 2 is 0.793 bits per heavy atom. The largest absolute Gasteiger partial charge is 1.00 e. The van der Waals surface area contributed by atoms with Gasteiger partial charge in [-0.2, -0.15) is 65.9 Å². The molecule has 0 saturated carbocycles. The van der Waals surface area contributed by atoms with Crippen molar-refractivity contribution in [2.24, 2.45) is 0 Å².